The Bertz CT molecular complexity index is 446. The van der Waals surface area contributed by atoms with Crippen molar-refractivity contribution in [3.63, 3.8) is 0 Å². The standard InChI is InChI=1S/C10H16N2O2S2/c1-8(7-11)12-16(13,14)10-5-3-4-9(6-10)15-2/h3-6,8,12H,7,11H2,1-2H3/t8-/m0/s1. The second kappa shape index (κ2) is 5.67. The maximum atomic E-state index is 11.9. The van der Waals surface area contributed by atoms with E-state index in [4.69, 9.17) is 5.73 Å². The Hall–Kier alpha value is -0.560. The minimum absolute atomic E-state index is 0.261. The van der Waals surface area contributed by atoms with Crippen molar-refractivity contribution >= 4 is 21.8 Å². The molecule has 0 amide bonds. The van der Waals surface area contributed by atoms with Crippen LogP contribution < -0.4 is 10.5 Å². The first-order valence-corrected chi connectivity index (χ1v) is 7.57. The zero-order valence-corrected chi connectivity index (χ0v) is 10.9. The van der Waals surface area contributed by atoms with Gasteiger partial charge in [-0.15, -0.1) is 11.8 Å². The number of nitrogens with two attached hydrogens (primary N) is 1. The lowest BCUT2D eigenvalue weighted by Crippen LogP contribution is -2.37. The van der Waals surface area contributed by atoms with Crippen LogP contribution in [0.3, 0.4) is 0 Å². The molecule has 0 heterocycles. The first-order valence-electron chi connectivity index (χ1n) is 4.86. The van der Waals surface area contributed by atoms with E-state index in [-0.39, 0.29) is 17.5 Å². The third-order valence-electron chi connectivity index (χ3n) is 2.06. The van der Waals surface area contributed by atoms with Crippen LogP contribution in [-0.4, -0.2) is 27.3 Å². The number of hydrogen-bond acceptors (Lipinski definition) is 4. The Morgan fingerprint density at radius 3 is 2.75 bits per heavy atom. The highest BCUT2D eigenvalue weighted by atomic mass is 32.2. The first kappa shape index (κ1) is 13.5. The summed E-state index contributed by atoms with van der Waals surface area (Å²) in [5.41, 5.74) is 5.38. The van der Waals surface area contributed by atoms with Crippen LogP contribution in [-0.2, 0) is 10.0 Å². The van der Waals surface area contributed by atoms with Gasteiger partial charge in [0.2, 0.25) is 10.0 Å². The monoisotopic (exact) mass is 260 g/mol. The van der Waals surface area contributed by atoms with Gasteiger partial charge in [-0.05, 0) is 31.4 Å². The molecule has 0 fully saturated rings. The molecule has 0 aliphatic heterocycles. The van der Waals surface area contributed by atoms with Gasteiger partial charge < -0.3 is 5.73 Å². The van der Waals surface area contributed by atoms with E-state index in [2.05, 4.69) is 4.72 Å². The minimum atomic E-state index is -3.45. The molecule has 16 heavy (non-hydrogen) atoms. The summed E-state index contributed by atoms with van der Waals surface area (Å²) in [6, 6.07) is 6.56. The lowest BCUT2D eigenvalue weighted by Gasteiger charge is -2.12. The highest BCUT2D eigenvalue weighted by molar-refractivity contribution is 7.98. The molecule has 1 aromatic carbocycles. The third-order valence-corrected chi connectivity index (χ3v) is 4.37. The van der Waals surface area contributed by atoms with E-state index >= 15 is 0 Å². The van der Waals surface area contributed by atoms with E-state index in [1.165, 1.54) is 11.8 Å². The number of nitrogens with one attached hydrogen (secondary N) is 1. The molecule has 1 atom stereocenters. The Labute approximate surface area is 101 Å². The zero-order chi connectivity index (χ0) is 12.2. The van der Waals surface area contributed by atoms with Gasteiger partial charge in [0.1, 0.15) is 0 Å². The molecule has 6 heteroatoms. The molecule has 0 bridgehead atoms. The van der Waals surface area contributed by atoms with Crippen LogP contribution in [0.5, 0.6) is 0 Å². The second-order valence-electron chi connectivity index (χ2n) is 3.44. The Kier molecular flexibility index (Phi) is 4.79. The van der Waals surface area contributed by atoms with Crippen molar-refractivity contribution in [2.75, 3.05) is 12.8 Å². The normalized spacial score (nSPS) is 13.7. The molecule has 3 N–H and O–H groups in total. The number of thioether (sulfide) groups is 1. The molecule has 90 valence electrons. The topological polar surface area (TPSA) is 72.2 Å². The average molecular weight is 260 g/mol. The van der Waals surface area contributed by atoms with E-state index < -0.39 is 10.0 Å². The summed E-state index contributed by atoms with van der Waals surface area (Å²) in [5, 5.41) is 0. The largest absolute Gasteiger partial charge is 0.329 e. The third kappa shape index (κ3) is 3.48. The maximum absolute atomic E-state index is 11.9. The molecular formula is C10H16N2O2S2. The van der Waals surface area contributed by atoms with Gasteiger partial charge in [-0.2, -0.15) is 0 Å². The van der Waals surface area contributed by atoms with Crippen LogP contribution in [0, 0.1) is 0 Å². The van der Waals surface area contributed by atoms with E-state index in [9.17, 15) is 8.42 Å². The summed E-state index contributed by atoms with van der Waals surface area (Å²) in [4.78, 5) is 1.20. The van der Waals surface area contributed by atoms with Crippen LogP contribution in [0.25, 0.3) is 0 Å². The molecule has 0 aromatic heterocycles. The fourth-order valence-corrected chi connectivity index (χ4v) is 2.99. The molecule has 0 saturated carbocycles. The van der Waals surface area contributed by atoms with Gasteiger partial charge in [-0.1, -0.05) is 6.07 Å². The molecule has 0 aliphatic rings. The van der Waals surface area contributed by atoms with Crippen molar-refractivity contribution < 1.29 is 8.42 Å². The molecular weight excluding hydrogens is 244 g/mol. The predicted molar refractivity (Wildman–Crippen MR) is 67.1 cm³/mol. The molecule has 0 aliphatic carbocycles. The van der Waals surface area contributed by atoms with Crippen LogP contribution in [0.15, 0.2) is 34.1 Å². The molecule has 1 aromatic rings. The number of rotatable bonds is 5. The highest BCUT2D eigenvalue weighted by Crippen LogP contribution is 2.18. The van der Waals surface area contributed by atoms with Crippen molar-refractivity contribution in [1.82, 2.24) is 4.72 Å². The number of benzene rings is 1. The van der Waals surface area contributed by atoms with Crippen LogP contribution in [0.1, 0.15) is 6.92 Å². The van der Waals surface area contributed by atoms with E-state index in [0.717, 1.165) is 4.90 Å². The summed E-state index contributed by atoms with van der Waals surface area (Å²) in [6.07, 6.45) is 1.90. The van der Waals surface area contributed by atoms with Crippen molar-refractivity contribution in [3.05, 3.63) is 24.3 Å². The van der Waals surface area contributed by atoms with E-state index in [1.54, 1.807) is 25.1 Å². The lowest BCUT2D eigenvalue weighted by atomic mass is 10.4. The van der Waals surface area contributed by atoms with Gasteiger partial charge in [-0.3, -0.25) is 0 Å². The summed E-state index contributed by atoms with van der Waals surface area (Å²) >= 11 is 1.51. The van der Waals surface area contributed by atoms with Crippen LogP contribution >= 0.6 is 11.8 Å². The van der Waals surface area contributed by atoms with Crippen molar-refractivity contribution in [2.45, 2.75) is 22.8 Å². The molecule has 0 radical (unpaired) electrons. The van der Waals surface area contributed by atoms with Crippen LogP contribution in [0.4, 0.5) is 0 Å². The summed E-state index contributed by atoms with van der Waals surface area (Å²) in [7, 11) is -3.45. The summed E-state index contributed by atoms with van der Waals surface area (Å²) in [6.45, 7) is 2.01. The van der Waals surface area contributed by atoms with E-state index in [1.807, 2.05) is 12.3 Å². The SMILES string of the molecule is CSc1cccc(S(=O)(=O)N[C@@H](C)CN)c1. The first-order chi connectivity index (χ1) is 7.49. The maximum Gasteiger partial charge on any atom is 0.240 e. The average Bonchev–Trinajstić information content (AvgIpc) is 2.28. The number of sulfonamides is 1. The fourth-order valence-electron chi connectivity index (χ4n) is 1.15. The van der Waals surface area contributed by atoms with Crippen molar-refractivity contribution in [2.24, 2.45) is 5.73 Å². The fraction of sp³-hybridized carbons (Fsp3) is 0.400. The van der Waals surface area contributed by atoms with Gasteiger partial charge in [0.05, 0.1) is 4.90 Å². The second-order valence-corrected chi connectivity index (χ2v) is 6.03. The zero-order valence-electron chi connectivity index (χ0n) is 9.30. The minimum Gasteiger partial charge on any atom is -0.329 e. The smallest absolute Gasteiger partial charge is 0.240 e. The molecule has 0 saturated heterocycles. The molecule has 0 spiro atoms. The molecule has 1 rings (SSSR count). The Balaban J connectivity index is 2.98. The van der Waals surface area contributed by atoms with Gasteiger partial charge in [0.25, 0.3) is 0 Å². The molecule has 0 unspecified atom stereocenters. The quantitative estimate of drug-likeness (QED) is 0.776. The highest BCUT2D eigenvalue weighted by Gasteiger charge is 2.16. The van der Waals surface area contributed by atoms with E-state index in [0.29, 0.717) is 0 Å². The van der Waals surface area contributed by atoms with Gasteiger partial charge in [-0.25, -0.2) is 13.1 Å². The number of hydrogen-bond donors (Lipinski definition) is 2. The molecule has 4 nitrogen and oxygen atoms in total. The summed E-state index contributed by atoms with van der Waals surface area (Å²) < 4.78 is 26.3. The van der Waals surface area contributed by atoms with Crippen LogP contribution in [0.2, 0.25) is 0 Å². The predicted octanol–water partition coefficient (Wildman–Crippen LogP) is 1.03. The Morgan fingerprint density at radius 1 is 1.50 bits per heavy atom. The summed E-state index contributed by atoms with van der Waals surface area (Å²) in [5.74, 6) is 0. The Morgan fingerprint density at radius 2 is 2.19 bits per heavy atom. The van der Waals surface area contributed by atoms with Crippen molar-refractivity contribution in [3.8, 4) is 0 Å². The van der Waals surface area contributed by atoms with Gasteiger partial charge in [0.15, 0.2) is 0 Å². The van der Waals surface area contributed by atoms with Crippen molar-refractivity contribution in [1.29, 1.82) is 0 Å². The van der Waals surface area contributed by atoms with Gasteiger partial charge in [0, 0.05) is 17.5 Å². The lowest BCUT2D eigenvalue weighted by molar-refractivity contribution is 0.562. The van der Waals surface area contributed by atoms with Gasteiger partial charge >= 0.3 is 0 Å².